The summed E-state index contributed by atoms with van der Waals surface area (Å²) in [6.07, 6.45) is 0. The van der Waals surface area contributed by atoms with E-state index in [0.29, 0.717) is 4.88 Å². The monoisotopic (exact) mass is 221 g/mol. The van der Waals surface area contributed by atoms with Crippen molar-refractivity contribution < 1.29 is 13.6 Å². The Morgan fingerprint density at radius 1 is 1.54 bits per heavy atom. The number of nitrogens with zero attached hydrogens (tertiary/aromatic N) is 1. The van der Waals surface area contributed by atoms with Gasteiger partial charge in [-0.15, -0.1) is 11.3 Å². The summed E-state index contributed by atoms with van der Waals surface area (Å²) >= 11 is 0.844. The average Bonchev–Trinajstić information content (AvgIpc) is 2.50. The zero-order chi connectivity index (χ0) is 10.1. The molecule has 6 nitrogen and oxygen atoms in total. The largest absolute Gasteiger partial charge is 0.409 e. The summed E-state index contributed by atoms with van der Waals surface area (Å²) in [4.78, 5) is 0.353. The second kappa shape index (κ2) is 3.32. The highest BCUT2D eigenvalue weighted by Gasteiger charge is 2.12. The molecule has 0 aliphatic rings. The van der Waals surface area contributed by atoms with Gasteiger partial charge in [-0.3, -0.25) is 0 Å². The van der Waals surface area contributed by atoms with Crippen LogP contribution in [-0.4, -0.2) is 19.5 Å². The van der Waals surface area contributed by atoms with Crippen LogP contribution < -0.4 is 10.9 Å². The molecule has 0 unspecified atom stereocenters. The minimum Gasteiger partial charge on any atom is -0.409 e. The number of hydrogen-bond donors (Lipinski definition) is 3. The first-order valence-electron chi connectivity index (χ1n) is 3.05. The molecule has 0 radical (unpaired) electrons. The minimum atomic E-state index is -3.70. The molecule has 8 heteroatoms. The van der Waals surface area contributed by atoms with Gasteiger partial charge < -0.3 is 10.9 Å². The molecule has 0 bridgehead atoms. The molecule has 0 spiro atoms. The highest BCUT2D eigenvalue weighted by atomic mass is 32.2. The number of sulfonamides is 1. The van der Waals surface area contributed by atoms with Gasteiger partial charge in [-0.25, -0.2) is 13.6 Å². The maximum Gasteiger partial charge on any atom is 0.247 e. The third-order valence-corrected chi connectivity index (χ3v) is 3.77. The molecule has 5 N–H and O–H groups in total. The van der Waals surface area contributed by atoms with Crippen molar-refractivity contribution in [3.63, 3.8) is 0 Å². The molecule has 13 heavy (non-hydrogen) atoms. The van der Waals surface area contributed by atoms with Gasteiger partial charge in [0.25, 0.3) is 0 Å². The molecule has 0 aliphatic heterocycles. The van der Waals surface area contributed by atoms with Crippen LogP contribution in [0.2, 0.25) is 0 Å². The molecule has 0 aliphatic carbocycles. The van der Waals surface area contributed by atoms with Crippen molar-refractivity contribution in [3.8, 4) is 0 Å². The highest BCUT2D eigenvalue weighted by Crippen LogP contribution is 2.19. The number of oxime groups is 1. The number of amidine groups is 1. The van der Waals surface area contributed by atoms with E-state index in [9.17, 15) is 8.42 Å². The fourth-order valence-electron chi connectivity index (χ4n) is 0.660. The summed E-state index contributed by atoms with van der Waals surface area (Å²) in [5.41, 5.74) is 5.23. The smallest absolute Gasteiger partial charge is 0.247 e. The van der Waals surface area contributed by atoms with Crippen molar-refractivity contribution >= 4 is 27.2 Å². The lowest BCUT2D eigenvalue weighted by molar-refractivity contribution is 0.319. The summed E-state index contributed by atoms with van der Waals surface area (Å²) < 4.78 is 21.6. The van der Waals surface area contributed by atoms with Crippen molar-refractivity contribution in [2.45, 2.75) is 4.21 Å². The summed E-state index contributed by atoms with van der Waals surface area (Å²) in [5.74, 6) is -0.139. The molecule has 0 atom stereocenters. The normalized spacial score (nSPS) is 13.2. The van der Waals surface area contributed by atoms with Crippen LogP contribution in [0.15, 0.2) is 21.5 Å². The van der Waals surface area contributed by atoms with Crippen LogP contribution in [0.4, 0.5) is 0 Å². The van der Waals surface area contributed by atoms with Gasteiger partial charge in [-0.05, 0) is 12.1 Å². The Morgan fingerprint density at radius 2 is 2.15 bits per heavy atom. The fraction of sp³-hybridized carbons (Fsp3) is 0. The molecule has 1 heterocycles. The Kier molecular flexibility index (Phi) is 2.55. The first-order valence-corrected chi connectivity index (χ1v) is 5.42. The molecule has 0 amide bonds. The molecule has 0 saturated heterocycles. The highest BCUT2D eigenvalue weighted by molar-refractivity contribution is 7.91. The summed E-state index contributed by atoms with van der Waals surface area (Å²) in [7, 11) is -3.70. The maximum absolute atomic E-state index is 10.8. The standard InChI is InChI=1S/C5H7N3O3S2/c6-5(8-9)3-1-2-4(12-3)13(7,10)11/h1-2,9H,(H2,6,8)(H2,7,10,11). The van der Waals surface area contributed by atoms with Gasteiger partial charge in [-0.2, -0.15) is 0 Å². The van der Waals surface area contributed by atoms with E-state index in [-0.39, 0.29) is 10.0 Å². The van der Waals surface area contributed by atoms with E-state index in [1.54, 1.807) is 0 Å². The van der Waals surface area contributed by atoms with Crippen LogP contribution in [0, 0.1) is 0 Å². The Hall–Kier alpha value is -1.12. The van der Waals surface area contributed by atoms with Crippen LogP contribution >= 0.6 is 11.3 Å². The van der Waals surface area contributed by atoms with Gasteiger partial charge in [0.1, 0.15) is 4.21 Å². The predicted molar refractivity (Wildman–Crippen MR) is 48.2 cm³/mol. The maximum atomic E-state index is 10.8. The number of primary sulfonamides is 1. The quantitative estimate of drug-likeness (QED) is 0.269. The van der Waals surface area contributed by atoms with Crippen molar-refractivity contribution in [2.75, 3.05) is 0 Å². The Balaban J connectivity index is 3.15. The molecule has 72 valence electrons. The van der Waals surface area contributed by atoms with E-state index in [2.05, 4.69) is 5.16 Å². The van der Waals surface area contributed by atoms with E-state index >= 15 is 0 Å². The molecule has 0 aromatic carbocycles. The van der Waals surface area contributed by atoms with Gasteiger partial charge >= 0.3 is 0 Å². The first kappa shape index (κ1) is 9.96. The number of thiophene rings is 1. The van der Waals surface area contributed by atoms with Crippen LogP contribution in [0.1, 0.15) is 4.88 Å². The fourth-order valence-corrected chi connectivity index (χ4v) is 2.29. The zero-order valence-electron chi connectivity index (χ0n) is 6.34. The summed E-state index contributed by atoms with van der Waals surface area (Å²) in [5, 5.41) is 15.9. The zero-order valence-corrected chi connectivity index (χ0v) is 7.97. The SMILES string of the molecule is N/C(=N\O)c1ccc(S(N)(=O)=O)s1. The van der Waals surface area contributed by atoms with E-state index in [0.717, 1.165) is 11.3 Å². The van der Waals surface area contributed by atoms with Crippen LogP contribution in [0.3, 0.4) is 0 Å². The Bertz CT molecular complexity index is 434. The summed E-state index contributed by atoms with van der Waals surface area (Å²) in [6, 6.07) is 2.72. The Morgan fingerprint density at radius 3 is 2.54 bits per heavy atom. The lowest BCUT2D eigenvalue weighted by Crippen LogP contribution is -2.11. The van der Waals surface area contributed by atoms with E-state index < -0.39 is 10.0 Å². The lowest BCUT2D eigenvalue weighted by atomic mass is 10.4. The van der Waals surface area contributed by atoms with Gasteiger partial charge in [0, 0.05) is 0 Å². The summed E-state index contributed by atoms with van der Waals surface area (Å²) in [6.45, 7) is 0. The second-order valence-electron chi connectivity index (χ2n) is 2.15. The van der Waals surface area contributed by atoms with Crippen molar-refractivity contribution in [1.29, 1.82) is 0 Å². The molecule has 1 rings (SSSR count). The number of rotatable bonds is 2. The Labute approximate surface area is 78.5 Å². The van der Waals surface area contributed by atoms with Gasteiger partial charge in [0.15, 0.2) is 5.84 Å². The third-order valence-electron chi connectivity index (χ3n) is 1.22. The predicted octanol–water partition coefficient (Wildman–Crippen LogP) is -0.510. The van der Waals surface area contributed by atoms with Crippen LogP contribution in [-0.2, 0) is 10.0 Å². The topological polar surface area (TPSA) is 119 Å². The molecule has 0 fully saturated rings. The van der Waals surface area contributed by atoms with Gasteiger partial charge in [-0.1, -0.05) is 5.16 Å². The molecule has 0 saturated carbocycles. The molecular formula is C5H7N3O3S2. The lowest BCUT2D eigenvalue weighted by Gasteiger charge is -1.90. The minimum absolute atomic E-state index is 0.0194. The number of hydrogen-bond acceptors (Lipinski definition) is 5. The number of nitrogens with two attached hydrogens (primary N) is 2. The first-order chi connectivity index (χ1) is 5.95. The van der Waals surface area contributed by atoms with E-state index in [1.807, 2.05) is 0 Å². The second-order valence-corrected chi connectivity index (χ2v) is 5.02. The average molecular weight is 221 g/mol. The molecular weight excluding hydrogens is 214 g/mol. The van der Waals surface area contributed by atoms with Crippen LogP contribution in [0.5, 0.6) is 0 Å². The van der Waals surface area contributed by atoms with Crippen LogP contribution in [0.25, 0.3) is 0 Å². The third kappa shape index (κ3) is 2.17. The molecule has 1 aromatic heterocycles. The molecule has 1 aromatic rings. The van der Waals surface area contributed by atoms with E-state index in [4.69, 9.17) is 16.1 Å². The van der Waals surface area contributed by atoms with Crippen molar-refractivity contribution in [3.05, 3.63) is 17.0 Å². The van der Waals surface area contributed by atoms with Crippen molar-refractivity contribution in [1.82, 2.24) is 0 Å². The van der Waals surface area contributed by atoms with E-state index in [1.165, 1.54) is 12.1 Å². The van der Waals surface area contributed by atoms with Crippen molar-refractivity contribution in [2.24, 2.45) is 16.0 Å². The van der Waals surface area contributed by atoms with Gasteiger partial charge in [0.05, 0.1) is 4.88 Å². The van der Waals surface area contributed by atoms with Gasteiger partial charge in [0.2, 0.25) is 10.0 Å².